The van der Waals surface area contributed by atoms with Crippen LogP contribution in [0.5, 0.6) is 0 Å². The summed E-state index contributed by atoms with van der Waals surface area (Å²) in [6, 6.07) is 11.0. The van der Waals surface area contributed by atoms with Crippen LogP contribution in [0.4, 0.5) is 16.4 Å². The lowest BCUT2D eigenvalue weighted by Gasteiger charge is -2.38. The van der Waals surface area contributed by atoms with Gasteiger partial charge in [-0.15, -0.1) is 11.3 Å². The van der Waals surface area contributed by atoms with Crippen LogP contribution in [0, 0.1) is 0 Å². The zero-order valence-electron chi connectivity index (χ0n) is 10.2. The Kier molecular flexibility index (Phi) is 2.33. The molecule has 2 aliphatic rings. The van der Waals surface area contributed by atoms with Crippen molar-refractivity contribution >= 4 is 27.7 Å². The fourth-order valence-corrected chi connectivity index (χ4v) is 4.01. The van der Waals surface area contributed by atoms with Crippen molar-refractivity contribution in [1.82, 2.24) is 0 Å². The van der Waals surface area contributed by atoms with Crippen LogP contribution >= 0.6 is 11.3 Å². The predicted octanol–water partition coefficient (Wildman–Crippen LogP) is 4.19. The van der Waals surface area contributed by atoms with Gasteiger partial charge in [0.15, 0.2) is 0 Å². The molecule has 18 heavy (non-hydrogen) atoms. The van der Waals surface area contributed by atoms with E-state index in [0.29, 0.717) is 0 Å². The van der Waals surface area contributed by atoms with E-state index in [1.54, 1.807) is 5.56 Å². The topological polar surface area (TPSA) is 15.3 Å². The van der Waals surface area contributed by atoms with Crippen LogP contribution in [-0.4, -0.2) is 13.1 Å². The maximum atomic E-state index is 3.54. The van der Waals surface area contributed by atoms with Gasteiger partial charge in [-0.1, -0.05) is 6.07 Å². The minimum atomic E-state index is 0.758. The van der Waals surface area contributed by atoms with Crippen molar-refractivity contribution in [1.29, 1.82) is 0 Å². The second kappa shape index (κ2) is 4.02. The molecule has 1 aromatic carbocycles. The van der Waals surface area contributed by atoms with E-state index < -0.39 is 0 Å². The molecule has 0 amide bonds. The molecular weight excluding hydrogens is 240 g/mol. The molecule has 2 aromatic rings. The monoisotopic (exact) mass is 256 g/mol. The Bertz CT molecular complexity index is 562. The Hall–Kier alpha value is -1.48. The zero-order valence-corrected chi connectivity index (χ0v) is 11.0. The number of rotatable bonds is 1. The SMILES string of the molecule is c1csc(N2CCC3CCNc4cccc2c43)c1. The predicted molar refractivity (Wildman–Crippen MR) is 78.2 cm³/mol. The molecule has 1 N–H and O–H groups in total. The van der Waals surface area contributed by atoms with Gasteiger partial charge in [0.05, 0.1) is 5.00 Å². The first-order valence-corrected chi connectivity index (χ1v) is 7.49. The number of hydrogen-bond acceptors (Lipinski definition) is 3. The molecule has 3 heterocycles. The number of benzene rings is 1. The normalized spacial score (nSPS) is 21.3. The summed E-state index contributed by atoms with van der Waals surface area (Å²) in [6.07, 6.45) is 2.56. The lowest BCUT2D eigenvalue weighted by atomic mass is 9.84. The summed E-state index contributed by atoms with van der Waals surface area (Å²) in [5, 5.41) is 7.07. The van der Waals surface area contributed by atoms with E-state index in [1.165, 1.54) is 29.2 Å². The molecule has 0 radical (unpaired) electrons. The highest BCUT2D eigenvalue weighted by Crippen LogP contribution is 2.46. The summed E-state index contributed by atoms with van der Waals surface area (Å²) in [4.78, 5) is 2.48. The molecule has 4 rings (SSSR count). The largest absolute Gasteiger partial charge is 0.385 e. The number of hydrogen-bond donors (Lipinski definition) is 1. The first-order chi connectivity index (χ1) is 8.93. The minimum absolute atomic E-state index is 0.758. The highest BCUT2D eigenvalue weighted by atomic mass is 32.1. The number of thiophene rings is 1. The Morgan fingerprint density at radius 2 is 2.17 bits per heavy atom. The van der Waals surface area contributed by atoms with Gasteiger partial charge in [-0.2, -0.15) is 0 Å². The molecule has 0 fully saturated rings. The van der Waals surface area contributed by atoms with Gasteiger partial charge in [0.1, 0.15) is 0 Å². The van der Waals surface area contributed by atoms with Gasteiger partial charge >= 0.3 is 0 Å². The molecule has 0 aliphatic carbocycles. The van der Waals surface area contributed by atoms with E-state index in [0.717, 1.165) is 19.0 Å². The van der Waals surface area contributed by atoms with Crippen molar-refractivity contribution in [3.63, 3.8) is 0 Å². The van der Waals surface area contributed by atoms with Crippen LogP contribution in [0.1, 0.15) is 24.3 Å². The summed E-state index contributed by atoms with van der Waals surface area (Å²) in [5.41, 5.74) is 4.31. The van der Waals surface area contributed by atoms with Gasteiger partial charge in [-0.3, -0.25) is 0 Å². The highest BCUT2D eigenvalue weighted by Gasteiger charge is 2.30. The smallest absolute Gasteiger partial charge is 0.0953 e. The maximum absolute atomic E-state index is 3.54. The highest BCUT2D eigenvalue weighted by molar-refractivity contribution is 7.14. The van der Waals surface area contributed by atoms with Crippen molar-refractivity contribution < 1.29 is 0 Å². The van der Waals surface area contributed by atoms with Crippen molar-refractivity contribution in [3.05, 3.63) is 41.3 Å². The van der Waals surface area contributed by atoms with Crippen molar-refractivity contribution in [2.45, 2.75) is 18.8 Å². The van der Waals surface area contributed by atoms with Gasteiger partial charge in [-0.25, -0.2) is 0 Å². The zero-order chi connectivity index (χ0) is 11.9. The molecule has 1 unspecified atom stereocenters. The molecular formula is C15H16N2S. The van der Waals surface area contributed by atoms with E-state index in [1.807, 2.05) is 11.3 Å². The summed E-state index contributed by atoms with van der Waals surface area (Å²) in [5.74, 6) is 0.758. The van der Waals surface area contributed by atoms with Crippen LogP contribution in [0.15, 0.2) is 35.7 Å². The van der Waals surface area contributed by atoms with Crippen molar-refractivity contribution in [3.8, 4) is 0 Å². The van der Waals surface area contributed by atoms with Gasteiger partial charge in [0, 0.05) is 30.0 Å². The van der Waals surface area contributed by atoms with Crippen LogP contribution < -0.4 is 10.2 Å². The van der Waals surface area contributed by atoms with Gasteiger partial charge in [0.25, 0.3) is 0 Å². The fourth-order valence-electron chi connectivity index (χ4n) is 3.24. The molecule has 2 aliphatic heterocycles. The third-order valence-electron chi connectivity index (χ3n) is 4.06. The molecule has 0 spiro atoms. The second-order valence-corrected chi connectivity index (χ2v) is 5.97. The Morgan fingerprint density at radius 3 is 3.06 bits per heavy atom. The van der Waals surface area contributed by atoms with E-state index in [4.69, 9.17) is 0 Å². The molecule has 92 valence electrons. The van der Waals surface area contributed by atoms with Crippen LogP contribution in [0.3, 0.4) is 0 Å². The van der Waals surface area contributed by atoms with Crippen molar-refractivity contribution in [2.75, 3.05) is 23.3 Å². The molecule has 0 saturated heterocycles. The van der Waals surface area contributed by atoms with Crippen molar-refractivity contribution in [2.24, 2.45) is 0 Å². The van der Waals surface area contributed by atoms with E-state index in [2.05, 4.69) is 45.9 Å². The number of nitrogens with one attached hydrogen (secondary N) is 1. The minimum Gasteiger partial charge on any atom is -0.385 e. The van der Waals surface area contributed by atoms with Gasteiger partial charge in [-0.05, 0) is 48.4 Å². The fraction of sp³-hybridized carbons (Fsp3) is 0.333. The third kappa shape index (κ3) is 1.47. The van der Waals surface area contributed by atoms with E-state index in [-0.39, 0.29) is 0 Å². The average molecular weight is 256 g/mol. The van der Waals surface area contributed by atoms with Gasteiger partial charge < -0.3 is 10.2 Å². The molecule has 0 bridgehead atoms. The second-order valence-electron chi connectivity index (χ2n) is 5.04. The molecule has 0 saturated carbocycles. The maximum Gasteiger partial charge on any atom is 0.0953 e. The standard InChI is InChI=1S/C15H16N2S/c1-3-12-15-11(6-8-16-12)7-9-17(13(15)4-1)14-5-2-10-18-14/h1-5,10-11,16H,6-9H2. The van der Waals surface area contributed by atoms with E-state index in [9.17, 15) is 0 Å². The van der Waals surface area contributed by atoms with Crippen LogP contribution in [0.2, 0.25) is 0 Å². The Balaban J connectivity index is 1.87. The summed E-state index contributed by atoms with van der Waals surface area (Å²) < 4.78 is 0. The molecule has 1 aromatic heterocycles. The van der Waals surface area contributed by atoms with Crippen LogP contribution in [-0.2, 0) is 0 Å². The Labute approximate surface area is 111 Å². The third-order valence-corrected chi connectivity index (χ3v) is 4.95. The number of nitrogens with zero attached hydrogens (tertiary/aromatic N) is 1. The Morgan fingerprint density at radius 1 is 1.17 bits per heavy atom. The summed E-state index contributed by atoms with van der Waals surface area (Å²) in [7, 11) is 0. The van der Waals surface area contributed by atoms with E-state index >= 15 is 0 Å². The summed E-state index contributed by atoms with van der Waals surface area (Å²) in [6.45, 7) is 2.28. The first-order valence-electron chi connectivity index (χ1n) is 6.61. The summed E-state index contributed by atoms with van der Waals surface area (Å²) >= 11 is 1.83. The molecule has 2 nitrogen and oxygen atoms in total. The number of anilines is 3. The lowest BCUT2D eigenvalue weighted by Crippen LogP contribution is -2.30. The quantitative estimate of drug-likeness (QED) is 0.823. The lowest BCUT2D eigenvalue weighted by molar-refractivity contribution is 0.562. The first kappa shape index (κ1) is 10.4. The van der Waals surface area contributed by atoms with Crippen LogP contribution in [0.25, 0.3) is 0 Å². The average Bonchev–Trinajstić information content (AvgIpc) is 2.94. The molecule has 3 heteroatoms. The van der Waals surface area contributed by atoms with Gasteiger partial charge in [0.2, 0.25) is 0 Å². The molecule has 1 atom stereocenters.